The first-order valence-corrected chi connectivity index (χ1v) is 36.6. The summed E-state index contributed by atoms with van der Waals surface area (Å²) in [4.78, 5) is 64.2. The van der Waals surface area contributed by atoms with Gasteiger partial charge in [-0.1, -0.05) is 0 Å². The fourth-order valence-corrected chi connectivity index (χ4v) is 14.9. The largest absolute Gasteiger partial charge is 0.394 e. The average Bonchev–Trinajstić information content (AvgIpc) is 0.751. The van der Waals surface area contributed by atoms with Gasteiger partial charge in [0.2, 0.25) is 29.5 Å². The van der Waals surface area contributed by atoms with E-state index in [4.69, 9.17) is 80.5 Å². The van der Waals surface area contributed by atoms with Crippen molar-refractivity contribution in [2.24, 2.45) is 0 Å². The SMILES string of the molecule is CC(=O)NC1C(O)OC(CO)C(OC2OC(CO)C(OC3OC(COC4OC(CO)C(O)C(O)C4OC4OC(CO)C(O)C(O)C4NC(C)=O)C(OC4OC(CO)C(O)C(O)C4NC(C)=O)C(OC4OC(CO)C(O)C(O)C4OC4OC(CO)C(OC5OC(CO)C(O)C(O)C5O)C(O)C4NC(C)=O)C3O)C(O)C2NC(C)=O)C1O. The Bertz CT molecular complexity index is 3100. The highest BCUT2D eigenvalue weighted by molar-refractivity contribution is 5.75. The summed E-state index contributed by atoms with van der Waals surface area (Å²) in [5.41, 5.74) is 0. The fraction of sp³-hybridized carbons (Fsp3) is 0.922. The summed E-state index contributed by atoms with van der Waals surface area (Å²) in [6.45, 7) is -5.57. The number of carbonyl (C=O) groups is 5. The molecule has 0 aromatic rings. The van der Waals surface area contributed by atoms with Gasteiger partial charge in [-0.15, -0.1) is 0 Å². The Morgan fingerprint density at radius 1 is 0.226 bits per heavy atom. The lowest BCUT2D eigenvalue weighted by molar-refractivity contribution is -0.408. The molecular weight excluding hydrogens is 1570 g/mol. The third-order valence-electron chi connectivity index (χ3n) is 20.8. The summed E-state index contributed by atoms with van der Waals surface area (Å²) < 4.78 is 103. The molecule has 0 aliphatic carbocycles. The van der Waals surface area contributed by atoms with Gasteiger partial charge < -0.3 is 230 Å². The van der Waals surface area contributed by atoms with Crippen molar-refractivity contribution in [3.63, 3.8) is 0 Å². The molecule has 9 heterocycles. The lowest BCUT2D eigenvalue weighted by Crippen LogP contribution is -2.71. The van der Waals surface area contributed by atoms with Gasteiger partial charge in [-0.25, -0.2) is 0 Å². The summed E-state index contributed by atoms with van der Waals surface area (Å²) in [6.07, 6.45) is -85.8. The molecule has 0 bridgehead atoms. The Labute approximate surface area is 651 Å². The molecule has 0 saturated carbocycles. The Kier molecular flexibility index (Phi) is 34.1. The van der Waals surface area contributed by atoms with E-state index in [9.17, 15) is 147 Å². The summed E-state index contributed by atoms with van der Waals surface area (Å²) >= 11 is 0. The first-order chi connectivity index (χ1) is 54.4. The van der Waals surface area contributed by atoms with E-state index < -0.39 is 365 Å². The molecule has 45 unspecified atom stereocenters. The van der Waals surface area contributed by atoms with E-state index >= 15 is 0 Å². The van der Waals surface area contributed by atoms with Crippen LogP contribution in [0.4, 0.5) is 0 Å². The number of rotatable bonds is 30. The second kappa shape index (κ2) is 41.5. The Hall–Kier alpha value is -4.29. The molecule has 664 valence electrons. The van der Waals surface area contributed by atoms with Crippen molar-refractivity contribution < 1.29 is 227 Å². The summed E-state index contributed by atoms with van der Waals surface area (Å²) in [6, 6.07) is -9.49. The van der Waals surface area contributed by atoms with E-state index in [1.54, 1.807) is 0 Å². The highest BCUT2D eigenvalue weighted by Gasteiger charge is 2.62. The number of hydrogen-bond donors (Lipinski definition) is 29. The van der Waals surface area contributed by atoms with Crippen LogP contribution >= 0.6 is 0 Å². The lowest BCUT2D eigenvalue weighted by atomic mass is 9.93. The number of carbonyl (C=O) groups excluding carboxylic acids is 5. The van der Waals surface area contributed by atoms with Gasteiger partial charge in [-0.3, -0.25) is 24.0 Å². The van der Waals surface area contributed by atoms with E-state index in [-0.39, 0.29) is 0 Å². The quantitative estimate of drug-likeness (QED) is 0.0318. The Morgan fingerprint density at radius 2 is 0.478 bits per heavy atom. The second-order valence-electron chi connectivity index (χ2n) is 28.9. The molecule has 45 atom stereocenters. The first-order valence-electron chi connectivity index (χ1n) is 36.6. The Morgan fingerprint density at radius 3 is 0.861 bits per heavy atom. The molecule has 9 saturated heterocycles. The molecular formula is C64H107N5O46. The van der Waals surface area contributed by atoms with Crippen molar-refractivity contribution in [2.45, 2.75) is 311 Å². The smallest absolute Gasteiger partial charge is 0.217 e. The van der Waals surface area contributed by atoms with Crippen LogP contribution in [0.5, 0.6) is 0 Å². The minimum absolute atomic E-state index is 0.806. The van der Waals surface area contributed by atoms with Gasteiger partial charge >= 0.3 is 0 Å². The van der Waals surface area contributed by atoms with E-state index in [1.807, 2.05) is 0 Å². The molecule has 0 aromatic heterocycles. The maximum absolute atomic E-state index is 13.3. The molecule has 51 nitrogen and oxygen atoms in total. The van der Waals surface area contributed by atoms with Crippen molar-refractivity contribution in [2.75, 3.05) is 59.5 Å². The molecule has 0 radical (unpaired) electrons. The fourth-order valence-electron chi connectivity index (χ4n) is 14.9. The zero-order valence-electron chi connectivity index (χ0n) is 62.1. The Balaban J connectivity index is 1.17. The highest BCUT2D eigenvalue weighted by Crippen LogP contribution is 2.41. The van der Waals surface area contributed by atoms with Gasteiger partial charge in [0.05, 0.1) is 59.5 Å². The van der Waals surface area contributed by atoms with Crippen molar-refractivity contribution in [1.29, 1.82) is 0 Å². The monoisotopic (exact) mass is 1680 g/mol. The predicted octanol–water partition coefficient (Wildman–Crippen LogP) is -19.9. The van der Waals surface area contributed by atoms with Gasteiger partial charge in [0.15, 0.2) is 56.6 Å². The highest BCUT2D eigenvalue weighted by atomic mass is 16.8. The second-order valence-corrected chi connectivity index (χ2v) is 28.9. The normalized spacial score (nSPS) is 47.9. The number of aliphatic hydroxyl groups is 24. The number of aliphatic hydroxyl groups excluding tert-OH is 24. The molecule has 0 aromatic carbocycles. The number of amides is 5. The number of hydrogen-bond acceptors (Lipinski definition) is 46. The van der Waals surface area contributed by atoms with Crippen LogP contribution in [0, 0.1) is 0 Å². The van der Waals surface area contributed by atoms with Crippen molar-refractivity contribution in [3.05, 3.63) is 0 Å². The van der Waals surface area contributed by atoms with Gasteiger partial charge in [0.1, 0.15) is 219 Å². The van der Waals surface area contributed by atoms with Gasteiger partial charge in [0.25, 0.3) is 0 Å². The van der Waals surface area contributed by atoms with Gasteiger partial charge in [-0.05, 0) is 0 Å². The van der Waals surface area contributed by atoms with Crippen LogP contribution in [0.15, 0.2) is 0 Å². The van der Waals surface area contributed by atoms with Crippen LogP contribution in [-0.2, 0) is 104 Å². The summed E-state index contributed by atoms with van der Waals surface area (Å²) in [5.74, 6) is -4.64. The van der Waals surface area contributed by atoms with Crippen LogP contribution < -0.4 is 26.6 Å². The molecule has 9 rings (SSSR count). The molecule has 9 aliphatic heterocycles. The molecule has 5 amide bonds. The van der Waals surface area contributed by atoms with E-state index in [0.717, 1.165) is 34.6 Å². The summed E-state index contributed by atoms with van der Waals surface area (Å²) in [7, 11) is 0. The van der Waals surface area contributed by atoms with E-state index in [1.165, 1.54) is 0 Å². The number of nitrogens with one attached hydrogen (secondary N) is 5. The minimum Gasteiger partial charge on any atom is -0.394 e. The van der Waals surface area contributed by atoms with Crippen LogP contribution in [0.25, 0.3) is 0 Å². The maximum atomic E-state index is 13.3. The van der Waals surface area contributed by atoms with Crippen molar-refractivity contribution >= 4 is 29.5 Å². The topological polar surface area (TPSA) is 788 Å². The van der Waals surface area contributed by atoms with E-state index in [2.05, 4.69) is 26.6 Å². The molecule has 9 fully saturated rings. The standard InChI is InChI=1S/C64H107N5O46/c1-15(78)65-29-41(90)49(25(11-75)100-56(29)98)109-59-32(68-18(4)81)42(91)51(27(13-77)106-59)111-62-48(97)53(113-64-55(46(95)38(87)24(10-74)105-64)115-60-33(69-19(5)82)43(92)50(26(12-76)107-60)110-61-47(96)44(93)36(85)22(8-72)103-61)52(112-57-30(66-16(2)79)39(88)34(83)20(6-70)101-57)28(108-62)14-99-63-54(45(94)37(86)23(9-73)104-63)114-58-31(67-17(3)80)40(89)35(84)21(7-71)102-58/h20-64,70-77,83-98H,6-14H2,1-5H3,(H,65,78)(H,66,79)(H,67,80)(H,68,81)(H,69,82). The van der Waals surface area contributed by atoms with Crippen LogP contribution in [0.2, 0.25) is 0 Å². The molecule has 115 heavy (non-hydrogen) atoms. The molecule has 9 aliphatic rings. The van der Waals surface area contributed by atoms with Gasteiger partial charge in [0, 0.05) is 34.6 Å². The zero-order valence-corrected chi connectivity index (χ0v) is 62.1. The van der Waals surface area contributed by atoms with Gasteiger partial charge in [-0.2, -0.15) is 0 Å². The van der Waals surface area contributed by atoms with Crippen LogP contribution in [-0.4, -0.2) is 488 Å². The van der Waals surface area contributed by atoms with Crippen molar-refractivity contribution in [3.8, 4) is 0 Å². The third kappa shape index (κ3) is 21.3. The molecule has 0 spiro atoms. The van der Waals surface area contributed by atoms with Crippen LogP contribution in [0.3, 0.4) is 0 Å². The minimum atomic E-state index is -2.72. The molecule has 51 heteroatoms. The lowest BCUT2D eigenvalue weighted by Gasteiger charge is -2.52. The van der Waals surface area contributed by atoms with Crippen LogP contribution in [0.1, 0.15) is 34.6 Å². The first kappa shape index (κ1) is 94.6. The average molecular weight is 1680 g/mol. The van der Waals surface area contributed by atoms with Crippen molar-refractivity contribution in [1.82, 2.24) is 26.6 Å². The predicted molar refractivity (Wildman–Crippen MR) is 355 cm³/mol. The van der Waals surface area contributed by atoms with E-state index in [0.29, 0.717) is 0 Å². The third-order valence-corrected chi connectivity index (χ3v) is 20.8. The zero-order chi connectivity index (χ0) is 84.8. The number of ether oxygens (including phenoxy) is 17. The maximum Gasteiger partial charge on any atom is 0.217 e. The summed E-state index contributed by atoms with van der Waals surface area (Å²) in [5, 5.41) is 281. The molecule has 29 N–H and O–H groups in total.